The van der Waals surface area contributed by atoms with Gasteiger partial charge in [0.25, 0.3) is 0 Å². The molecule has 6 nitrogen and oxygen atoms in total. The molecule has 0 saturated carbocycles. The van der Waals surface area contributed by atoms with Crippen molar-refractivity contribution in [3.8, 4) is 11.5 Å². The zero-order valence-electron chi connectivity index (χ0n) is 16.9. The van der Waals surface area contributed by atoms with E-state index in [1.807, 2.05) is 48.5 Å². The largest absolute Gasteiger partial charge is 0.493 e. The van der Waals surface area contributed by atoms with Crippen molar-refractivity contribution in [3.63, 3.8) is 0 Å². The molecular formula is C22H26N2O4S. The van der Waals surface area contributed by atoms with Crippen molar-refractivity contribution in [1.82, 2.24) is 10.2 Å². The number of benzene rings is 2. The minimum Gasteiger partial charge on any atom is -0.493 e. The Morgan fingerprint density at radius 3 is 2.48 bits per heavy atom. The molecule has 2 amide bonds. The Balaban J connectivity index is 1.69. The van der Waals surface area contributed by atoms with Crippen LogP contribution in [0.1, 0.15) is 23.4 Å². The van der Waals surface area contributed by atoms with Gasteiger partial charge in [0.1, 0.15) is 11.4 Å². The van der Waals surface area contributed by atoms with Gasteiger partial charge < -0.3 is 19.7 Å². The summed E-state index contributed by atoms with van der Waals surface area (Å²) in [7, 11) is 3.16. The fourth-order valence-electron chi connectivity index (χ4n) is 3.45. The van der Waals surface area contributed by atoms with E-state index in [1.54, 1.807) is 30.9 Å². The van der Waals surface area contributed by atoms with Gasteiger partial charge in [-0.3, -0.25) is 9.59 Å². The van der Waals surface area contributed by atoms with E-state index < -0.39 is 6.04 Å². The van der Waals surface area contributed by atoms with Gasteiger partial charge >= 0.3 is 0 Å². The molecule has 0 spiro atoms. The maximum Gasteiger partial charge on any atom is 0.243 e. The number of amides is 2. The van der Waals surface area contributed by atoms with Crippen LogP contribution in [0, 0.1) is 0 Å². The first-order valence-electron chi connectivity index (χ1n) is 9.49. The molecule has 2 aromatic rings. The molecule has 29 heavy (non-hydrogen) atoms. The zero-order valence-corrected chi connectivity index (χ0v) is 17.7. The molecule has 1 heterocycles. The van der Waals surface area contributed by atoms with Gasteiger partial charge in [-0.15, -0.1) is 11.8 Å². The third-order valence-corrected chi connectivity index (χ3v) is 6.24. The van der Waals surface area contributed by atoms with Crippen LogP contribution < -0.4 is 14.8 Å². The molecule has 0 aliphatic carbocycles. The first kappa shape index (κ1) is 21.0. The smallest absolute Gasteiger partial charge is 0.243 e. The number of hydrogen-bond acceptors (Lipinski definition) is 5. The van der Waals surface area contributed by atoms with Gasteiger partial charge in [-0.05, 0) is 29.7 Å². The van der Waals surface area contributed by atoms with E-state index in [0.29, 0.717) is 23.8 Å². The Kier molecular flexibility index (Phi) is 7.04. The lowest BCUT2D eigenvalue weighted by molar-refractivity contribution is -0.138. The molecule has 2 aromatic carbocycles. The summed E-state index contributed by atoms with van der Waals surface area (Å²) in [5.41, 5.74) is 2.07. The number of methoxy groups -OCH3 is 2. The average Bonchev–Trinajstić information content (AvgIpc) is 3.19. The van der Waals surface area contributed by atoms with Crippen LogP contribution in [-0.2, 0) is 16.0 Å². The van der Waals surface area contributed by atoms with Crippen LogP contribution in [0.5, 0.6) is 11.5 Å². The summed E-state index contributed by atoms with van der Waals surface area (Å²) in [6, 6.07) is 15.1. The van der Waals surface area contributed by atoms with E-state index >= 15 is 0 Å². The Morgan fingerprint density at radius 2 is 1.83 bits per heavy atom. The molecule has 0 radical (unpaired) electrons. The third-order valence-electron chi connectivity index (χ3n) is 4.92. The molecule has 1 N–H and O–H groups in total. The number of nitrogens with one attached hydrogen (secondary N) is 1. The van der Waals surface area contributed by atoms with E-state index in [4.69, 9.17) is 9.47 Å². The molecule has 0 aromatic heterocycles. The van der Waals surface area contributed by atoms with Gasteiger partial charge in [0.2, 0.25) is 11.8 Å². The highest BCUT2D eigenvalue weighted by Gasteiger charge is 2.41. The lowest BCUT2D eigenvalue weighted by Gasteiger charge is -2.28. The van der Waals surface area contributed by atoms with Crippen LogP contribution >= 0.6 is 11.8 Å². The Bertz CT molecular complexity index is 859. The second-order valence-corrected chi connectivity index (χ2v) is 7.88. The lowest BCUT2D eigenvalue weighted by atomic mass is 10.1. The standard InChI is InChI=1S/C22H26N2O4S/c1-15(25)24-18(21(26)23-12-11-16-7-5-4-6-8-16)14-29-22(24)17-9-10-19(27-2)20(13-17)28-3/h4-10,13,18,22H,11-12,14H2,1-3H3,(H,23,26)/t18-,22-/m1/s1. The van der Waals surface area contributed by atoms with Crippen molar-refractivity contribution in [2.75, 3.05) is 26.5 Å². The number of carbonyl (C=O) groups excluding carboxylic acids is 2. The van der Waals surface area contributed by atoms with E-state index in [1.165, 1.54) is 12.5 Å². The maximum absolute atomic E-state index is 12.8. The highest BCUT2D eigenvalue weighted by molar-refractivity contribution is 7.99. The van der Waals surface area contributed by atoms with Gasteiger partial charge in [0.05, 0.1) is 14.2 Å². The zero-order chi connectivity index (χ0) is 20.8. The predicted octanol–water partition coefficient (Wildman–Crippen LogP) is 3.03. The molecule has 0 unspecified atom stereocenters. The molecule has 1 saturated heterocycles. The molecule has 0 bridgehead atoms. The molecule has 3 rings (SSSR count). The first-order chi connectivity index (χ1) is 14.0. The number of ether oxygens (including phenoxy) is 2. The van der Waals surface area contributed by atoms with Gasteiger partial charge in [0, 0.05) is 19.2 Å². The number of nitrogens with zero attached hydrogens (tertiary/aromatic N) is 1. The molecule has 2 atom stereocenters. The Morgan fingerprint density at radius 1 is 1.10 bits per heavy atom. The maximum atomic E-state index is 12.8. The SMILES string of the molecule is COc1ccc([C@H]2SC[C@H](C(=O)NCCc3ccccc3)N2C(C)=O)cc1OC. The van der Waals surface area contributed by atoms with Crippen molar-refractivity contribution in [1.29, 1.82) is 0 Å². The summed E-state index contributed by atoms with van der Waals surface area (Å²) in [5, 5.41) is 2.74. The van der Waals surface area contributed by atoms with E-state index in [2.05, 4.69) is 5.32 Å². The summed E-state index contributed by atoms with van der Waals surface area (Å²) in [5.74, 6) is 1.54. The number of hydrogen-bond donors (Lipinski definition) is 1. The third kappa shape index (κ3) is 4.85. The second-order valence-electron chi connectivity index (χ2n) is 6.77. The van der Waals surface area contributed by atoms with E-state index in [-0.39, 0.29) is 17.2 Å². The molecule has 1 aliphatic heterocycles. The number of carbonyl (C=O) groups is 2. The van der Waals surface area contributed by atoms with Crippen molar-refractivity contribution in [3.05, 3.63) is 59.7 Å². The van der Waals surface area contributed by atoms with E-state index in [0.717, 1.165) is 12.0 Å². The summed E-state index contributed by atoms with van der Waals surface area (Å²) in [6.07, 6.45) is 0.756. The molecule has 1 aliphatic rings. The normalized spacial score (nSPS) is 18.4. The summed E-state index contributed by atoms with van der Waals surface area (Å²) in [6.45, 7) is 2.04. The van der Waals surface area contributed by atoms with Crippen LogP contribution in [0.25, 0.3) is 0 Å². The molecular weight excluding hydrogens is 388 g/mol. The fraction of sp³-hybridized carbons (Fsp3) is 0.364. The Labute approximate surface area is 175 Å². The van der Waals surface area contributed by atoms with Crippen molar-refractivity contribution in [2.45, 2.75) is 24.8 Å². The van der Waals surface area contributed by atoms with Gasteiger partial charge in [-0.25, -0.2) is 0 Å². The number of rotatable bonds is 7. The molecule has 7 heteroatoms. The average molecular weight is 415 g/mol. The van der Waals surface area contributed by atoms with Crippen LogP contribution in [0.15, 0.2) is 48.5 Å². The van der Waals surface area contributed by atoms with Crippen LogP contribution in [0.2, 0.25) is 0 Å². The summed E-state index contributed by atoms with van der Waals surface area (Å²) < 4.78 is 10.7. The van der Waals surface area contributed by atoms with Crippen LogP contribution in [0.4, 0.5) is 0 Å². The van der Waals surface area contributed by atoms with Gasteiger partial charge in [-0.2, -0.15) is 0 Å². The second kappa shape index (κ2) is 9.69. The Hall–Kier alpha value is -2.67. The van der Waals surface area contributed by atoms with Gasteiger partial charge in [-0.1, -0.05) is 36.4 Å². The highest BCUT2D eigenvalue weighted by Crippen LogP contribution is 2.43. The lowest BCUT2D eigenvalue weighted by Crippen LogP contribution is -2.47. The first-order valence-corrected chi connectivity index (χ1v) is 10.5. The van der Waals surface area contributed by atoms with Crippen molar-refractivity contribution >= 4 is 23.6 Å². The van der Waals surface area contributed by atoms with E-state index in [9.17, 15) is 9.59 Å². The summed E-state index contributed by atoms with van der Waals surface area (Å²) in [4.78, 5) is 26.8. The number of thioether (sulfide) groups is 1. The van der Waals surface area contributed by atoms with Gasteiger partial charge in [0.15, 0.2) is 11.5 Å². The minimum absolute atomic E-state index is 0.119. The van der Waals surface area contributed by atoms with Crippen LogP contribution in [0.3, 0.4) is 0 Å². The van der Waals surface area contributed by atoms with Crippen molar-refractivity contribution < 1.29 is 19.1 Å². The topological polar surface area (TPSA) is 67.9 Å². The quantitative estimate of drug-likeness (QED) is 0.754. The monoisotopic (exact) mass is 414 g/mol. The molecule has 1 fully saturated rings. The molecule has 154 valence electrons. The fourth-order valence-corrected chi connectivity index (χ4v) is 4.92. The van der Waals surface area contributed by atoms with Crippen LogP contribution in [-0.4, -0.2) is 49.3 Å². The summed E-state index contributed by atoms with van der Waals surface area (Å²) >= 11 is 1.58. The van der Waals surface area contributed by atoms with Crippen molar-refractivity contribution in [2.24, 2.45) is 0 Å². The minimum atomic E-state index is -0.494. The predicted molar refractivity (Wildman–Crippen MR) is 114 cm³/mol. The highest BCUT2D eigenvalue weighted by atomic mass is 32.2.